The number of aryl methyl sites for hydroxylation is 2. The summed E-state index contributed by atoms with van der Waals surface area (Å²) in [5.41, 5.74) is 1.09. The van der Waals surface area contributed by atoms with Crippen LogP contribution < -0.4 is 10.6 Å². The van der Waals surface area contributed by atoms with E-state index in [0.29, 0.717) is 23.8 Å². The fourth-order valence-corrected chi connectivity index (χ4v) is 4.31. The van der Waals surface area contributed by atoms with Gasteiger partial charge in [0, 0.05) is 23.6 Å². The number of amides is 2. The highest BCUT2D eigenvalue weighted by atomic mass is 35.5. The molecule has 1 atom stereocenters. The van der Waals surface area contributed by atoms with E-state index in [1.165, 1.54) is 29.5 Å². The Morgan fingerprint density at radius 3 is 2.77 bits per heavy atom. The number of hydrogen-bond acceptors (Lipinski definition) is 7. The minimum atomic E-state index is -0.546. The van der Waals surface area contributed by atoms with Gasteiger partial charge in [0.2, 0.25) is 11.8 Å². The Morgan fingerprint density at radius 1 is 1.37 bits per heavy atom. The lowest BCUT2D eigenvalue weighted by Crippen LogP contribution is -2.44. The standard InChI is InChI=1S/C19H22ClN5O4S/c1-11-12(2)30-19(21-11)23-17(26)10-24-7-3-4-13(9-24)18(27)22-16-6-5-14(25(28)29)8-15(16)20/h5-6,8,13H,3-4,7,9-10H2,1-2H3,(H,22,27)(H,21,23,26). The molecule has 1 aromatic heterocycles. The van der Waals surface area contributed by atoms with Crippen molar-refractivity contribution in [3.8, 4) is 0 Å². The van der Waals surface area contributed by atoms with E-state index in [0.717, 1.165) is 23.5 Å². The highest BCUT2D eigenvalue weighted by molar-refractivity contribution is 7.15. The molecule has 1 saturated heterocycles. The van der Waals surface area contributed by atoms with Gasteiger partial charge in [0.15, 0.2) is 5.13 Å². The van der Waals surface area contributed by atoms with E-state index < -0.39 is 4.92 Å². The molecule has 1 aliphatic rings. The van der Waals surface area contributed by atoms with E-state index in [1.807, 2.05) is 18.7 Å². The largest absolute Gasteiger partial charge is 0.324 e. The van der Waals surface area contributed by atoms with Gasteiger partial charge in [-0.05, 0) is 39.3 Å². The van der Waals surface area contributed by atoms with Crippen LogP contribution in [0.5, 0.6) is 0 Å². The van der Waals surface area contributed by atoms with Gasteiger partial charge in [0.1, 0.15) is 0 Å². The first-order valence-electron chi connectivity index (χ1n) is 9.44. The third-order valence-corrected chi connectivity index (χ3v) is 6.24. The molecule has 160 valence electrons. The van der Waals surface area contributed by atoms with Crippen molar-refractivity contribution < 1.29 is 14.5 Å². The molecule has 0 saturated carbocycles. The maximum Gasteiger partial charge on any atom is 0.271 e. The van der Waals surface area contributed by atoms with Gasteiger partial charge < -0.3 is 10.6 Å². The number of nitro groups is 1. The molecular weight excluding hydrogens is 430 g/mol. The second-order valence-electron chi connectivity index (χ2n) is 7.19. The average Bonchev–Trinajstić information content (AvgIpc) is 3.00. The van der Waals surface area contributed by atoms with Gasteiger partial charge in [0.25, 0.3) is 5.69 Å². The summed E-state index contributed by atoms with van der Waals surface area (Å²) < 4.78 is 0. The lowest BCUT2D eigenvalue weighted by atomic mass is 9.97. The number of piperidine rings is 1. The van der Waals surface area contributed by atoms with E-state index in [2.05, 4.69) is 15.6 Å². The highest BCUT2D eigenvalue weighted by Crippen LogP contribution is 2.28. The van der Waals surface area contributed by atoms with Crippen LogP contribution in [-0.2, 0) is 9.59 Å². The number of non-ortho nitro benzene ring substituents is 1. The fraction of sp³-hybridized carbons (Fsp3) is 0.421. The van der Waals surface area contributed by atoms with Gasteiger partial charge in [-0.25, -0.2) is 4.98 Å². The van der Waals surface area contributed by atoms with Crippen molar-refractivity contribution in [2.75, 3.05) is 30.3 Å². The first-order chi connectivity index (χ1) is 14.2. The monoisotopic (exact) mass is 451 g/mol. The zero-order valence-electron chi connectivity index (χ0n) is 16.6. The average molecular weight is 452 g/mol. The number of benzene rings is 1. The van der Waals surface area contributed by atoms with Crippen molar-refractivity contribution >= 4 is 51.3 Å². The van der Waals surface area contributed by atoms with Gasteiger partial charge in [-0.1, -0.05) is 11.6 Å². The van der Waals surface area contributed by atoms with Crippen molar-refractivity contribution in [3.63, 3.8) is 0 Å². The van der Waals surface area contributed by atoms with Crippen LogP contribution in [0.4, 0.5) is 16.5 Å². The second kappa shape index (κ2) is 9.50. The number of aromatic nitrogens is 1. The quantitative estimate of drug-likeness (QED) is 0.511. The number of halogens is 1. The van der Waals surface area contributed by atoms with Crippen LogP contribution in [0.25, 0.3) is 0 Å². The lowest BCUT2D eigenvalue weighted by Gasteiger charge is -2.31. The summed E-state index contributed by atoms with van der Waals surface area (Å²) in [5, 5.41) is 17.0. The van der Waals surface area contributed by atoms with E-state index in [9.17, 15) is 19.7 Å². The third-order valence-electron chi connectivity index (χ3n) is 4.94. The van der Waals surface area contributed by atoms with E-state index in [4.69, 9.17) is 11.6 Å². The number of thiazole rings is 1. The summed E-state index contributed by atoms with van der Waals surface area (Å²) >= 11 is 7.49. The number of carbonyl (C=O) groups is 2. The fourth-order valence-electron chi connectivity index (χ4n) is 3.25. The van der Waals surface area contributed by atoms with Crippen molar-refractivity contribution in [1.29, 1.82) is 0 Å². The Balaban J connectivity index is 1.55. The SMILES string of the molecule is Cc1nc(NC(=O)CN2CCCC(C(=O)Nc3ccc([N+](=O)[O-])cc3Cl)C2)sc1C. The summed E-state index contributed by atoms with van der Waals surface area (Å²) in [5.74, 6) is -0.688. The molecule has 0 spiro atoms. The summed E-state index contributed by atoms with van der Waals surface area (Å²) in [4.78, 5) is 42.6. The molecule has 2 amide bonds. The Kier molecular flexibility index (Phi) is 7.01. The third kappa shape index (κ3) is 5.53. The molecule has 2 aromatic rings. The predicted octanol–water partition coefficient (Wildman–Crippen LogP) is 3.61. The molecular formula is C19H22ClN5O4S. The molecule has 1 aromatic carbocycles. The number of nitro benzene ring substituents is 1. The number of anilines is 2. The van der Waals surface area contributed by atoms with E-state index in [1.54, 1.807) is 0 Å². The molecule has 3 rings (SSSR count). The first kappa shape index (κ1) is 22.1. The zero-order chi connectivity index (χ0) is 21.8. The predicted molar refractivity (Wildman–Crippen MR) is 116 cm³/mol. The highest BCUT2D eigenvalue weighted by Gasteiger charge is 2.27. The Labute approximate surface area is 182 Å². The minimum absolute atomic E-state index is 0.110. The molecule has 9 nitrogen and oxygen atoms in total. The molecule has 1 aliphatic heterocycles. The molecule has 1 unspecified atom stereocenters. The number of nitrogens with zero attached hydrogens (tertiary/aromatic N) is 3. The molecule has 11 heteroatoms. The minimum Gasteiger partial charge on any atom is -0.324 e. The van der Waals surface area contributed by atoms with Crippen LogP contribution in [0.3, 0.4) is 0 Å². The lowest BCUT2D eigenvalue weighted by molar-refractivity contribution is -0.384. The molecule has 0 radical (unpaired) electrons. The maximum absolute atomic E-state index is 12.7. The summed E-state index contributed by atoms with van der Waals surface area (Å²) in [6, 6.07) is 3.92. The Hall–Kier alpha value is -2.56. The second-order valence-corrected chi connectivity index (χ2v) is 8.80. The number of hydrogen-bond donors (Lipinski definition) is 2. The Morgan fingerprint density at radius 2 is 2.13 bits per heavy atom. The zero-order valence-corrected chi connectivity index (χ0v) is 18.2. The summed E-state index contributed by atoms with van der Waals surface area (Å²) in [6.07, 6.45) is 1.48. The number of likely N-dealkylation sites (tertiary alicyclic amines) is 1. The van der Waals surface area contributed by atoms with Crippen molar-refractivity contribution in [3.05, 3.63) is 43.9 Å². The van der Waals surface area contributed by atoms with E-state index in [-0.39, 0.29) is 35.0 Å². The van der Waals surface area contributed by atoms with Crippen LogP contribution in [0, 0.1) is 29.9 Å². The molecule has 0 aliphatic carbocycles. The number of carbonyl (C=O) groups excluding carboxylic acids is 2. The van der Waals surface area contributed by atoms with Gasteiger partial charge in [-0.3, -0.25) is 24.6 Å². The van der Waals surface area contributed by atoms with Crippen LogP contribution in [0.1, 0.15) is 23.4 Å². The topological polar surface area (TPSA) is 117 Å². The molecule has 2 heterocycles. The van der Waals surface area contributed by atoms with Crippen LogP contribution >= 0.6 is 22.9 Å². The van der Waals surface area contributed by atoms with Gasteiger partial charge in [-0.15, -0.1) is 11.3 Å². The van der Waals surface area contributed by atoms with E-state index >= 15 is 0 Å². The summed E-state index contributed by atoms with van der Waals surface area (Å²) in [7, 11) is 0. The summed E-state index contributed by atoms with van der Waals surface area (Å²) in [6.45, 7) is 5.20. The van der Waals surface area contributed by atoms with Crippen molar-refractivity contribution in [2.45, 2.75) is 26.7 Å². The molecule has 1 fully saturated rings. The first-order valence-corrected chi connectivity index (χ1v) is 10.6. The normalized spacial score (nSPS) is 16.8. The van der Waals surface area contributed by atoms with Gasteiger partial charge in [-0.2, -0.15) is 0 Å². The van der Waals surface area contributed by atoms with Crippen LogP contribution in [0.15, 0.2) is 18.2 Å². The Bertz CT molecular complexity index is 960. The molecule has 2 N–H and O–H groups in total. The maximum atomic E-state index is 12.7. The van der Waals surface area contributed by atoms with Gasteiger partial charge in [0.05, 0.1) is 33.8 Å². The smallest absolute Gasteiger partial charge is 0.271 e. The van der Waals surface area contributed by atoms with Gasteiger partial charge >= 0.3 is 0 Å². The van der Waals surface area contributed by atoms with Crippen LogP contribution in [0.2, 0.25) is 5.02 Å². The molecule has 0 bridgehead atoms. The molecule has 30 heavy (non-hydrogen) atoms. The number of nitrogens with one attached hydrogen (secondary N) is 2. The van der Waals surface area contributed by atoms with Crippen molar-refractivity contribution in [2.24, 2.45) is 5.92 Å². The van der Waals surface area contributed by atoms with Crippen molar-refractivity contribution in [1.82, 2.24) is 9.88 Å². The number of rotatable bonds is 6. The van der Waals surface area contributed by atoms with Crippen LogP contribution in [-0.4, -0.2) is 46.3 Å².